The quantitative estimate of drug-likeness (QED) is 0.794. The Morgan fingerprint density at radius 1 is 1.40 bits per heavy atom. The van der Waals surface area contributed by atoms with E-state index in [4.69, 9.17) is 4.98 Å². The largest absolute Gasteiger partial charge is 0.357 e. The van der Waals surface area contributed by atoms with Crippen molar-refractivity contribution in [3.63, 3.8) is 0 Å². The molecule has 0 atom stereocenters. The van der Waals surface area contributed by atoms with E-state index >= 15 is 0 Å². The SMILES string of the molecule is CC(C)N(C)c1ccc2c(n1)CCNC2. The minimum Gasteiger partial charge on any atom is -0.357 e. The highest BCUT2D eigenvalue weighted by atomic mass is 15.2. The molecule has 1 aromatic rings. The van der Waals surface area contributed by atoms with Crippen LogP contribution in [0.2, 0.25) is 0 Å². The number of hydrogen-bond donors (Lipinski definition) is 1. The van der Waals surface area contributed by atoms with Crippen LogP contribution in [0.4, 0.5) is 5.82 Å². The van der Waals surface area contributed by atoms with E-state index in [2.05, 4.69) is 43.2 Å². The van der Waals surface area contributed by atoms with Crippen molar-refractivity contribution >= 4 is 5.82 Å². The summed E-state index contributed by atoms with van der Waals surface area (Å²) in [7, 11) is 2.10. The summed E-state index contributed by atoms with van der Waals surface area (Å²) < 4.78 is 0. The lowest BCUT2D eigenvalue weighted by atomic mass is 10.1. The molecular formula is C12H19N3. The molecule has 0 amide bonds. The topological polar surface area (TPSA) is 28.2 Å². The van der Waals surface area contributed by atoms with Gasteiger partial charge in [-0.2, -0.15) is 0 Å². The number of anilines is 1. The maximum Gasteiger partial charge on any atom is 0.128 e. The zero-order valence-electron chi connectivity index (χ0n) is 9.75. The molecule has 15 heavy (non-hydrogen) atoms. The number of rotatable bonds is 2. The van der Waals surface area contributed by atoms with Crippen molar-refractivity contribution in [1.82, 2.24) is 10.3 Å². The summed E-state index contributed by atoms with van der Waals surface area (Å²) in [6.07, 6.45) is 1.05. The molecule has 0 aromatic carbocycles. The lowest BCUT2D eigenvalue weighted by Crippen LogP contribution is -2.29. The summed E-state index contributed by atoms with van der Waals surface area (Å²) >= 11 is 0. The van der Waals surface area contributed by atoms with E-state index in [1.54, 1.807) is 0 Å². The Morgan fingerprint density at radius 2 is 2.20 bits per heavy atom. The molecule has 2 rings (SSSR count). The fourth-order valence-corrected chi connectivity index (χ4v) is 1.79. The van der Waals surface area contributed by atoms with Gasteiger partial charge in [0.2, 0.25) is 0 Å². The molecule has 0 unspecified atom stereocenters. The third-order valence-corrected chi connectivity index (χ3v) is 3.04. The predicted molar refractivity (Wildman–Crippen MR) is 63.2 cm³/mol. The van der Waals surface area contributed by atoms with Gasteiger partial charge in [-0.15, -0.1) is 0 Å². The first-order valence-electron chi connectivity index (χ1n) is 5.61. The van der Waals surface area contributed by atoms with Crippen LogP contribution < -0.4 is 10.2 Å². The second-order valence-electron chi connectivity index (χ2n) is 4.41. The molecular weight excluding hydrogens is 186 g/mol. The van der Waals surface area contributed by atoms with Crippen molar-refractivity contribution in [2.75, 3.05) is 18.5 Å². The highest BCUT2D eigenvalue weighted by molar-refractivity contribution is 5.42. The van der Waals surface area contributed by atoms with Crippen molar-refractivity contribution < 1.29 is 0 Å². The Bertz CT molecular complexity index is 347. The van der Waals surface area contributed by atoms with E-state index in [0.29, 0.717) is 6.04 Å². The number of hydrogen-bond acceptors (Lipinski definition) is 3. The summed E-state index contributed by atoms with van der Waals surface area (Å²) in [4.78, 5) is 6.93. The number of nitrogens with one attached hydrogen (secondary N) is 1. The molecule has 0 spiro atoms. The van der Waals surface area contributed by atoms with Gasteiger partial charge in [0.05, 0.1) is 0 Å². The fourth-order valence-electron chi connectivity index (χ4n) is 1.79. The Labute approximate surface area is 91.5 Å². The highest BCUT2D eigenvalue weighted by Crippen LogP contribution is 2.18. The van der Waals surface area contributed by atoms with E-state index in [0.717, 1.165) is 25.3 Å². The second-order valence-corrected chi connectivity index (χ2v) is 4.41. The Kier molecular flexibility index (Phi) is 2.91. The zero-order chi connectivity index (χ0) is 10.8. The van der Waals surface area contributed by atoms with E-state index in [9.17, 15) is 0 Å². The van der Waals surface area contributed by atoms with E-state index in [1.807, 2.05) is 0 Å². The standard InChI is InChI=1S/C12H19N3/c1-9(2)15(3)12-5-4-10-8-13-7-6-11(10)14-12/h4-5,9,13H,6-8H2,1-3H3. The first kappa shape index (κ1) is 10.4. The van der Waals surface area contributed by atoms with Gasteiger partial charge in [-0.3, -0.25) is 0 Å². The molecule has 0 saturated heterocycles. The van der Waals surface area contributed by atoms with E-state index < -0.39 is 0 Å². The van der Waals surface area contributed by atoms with Crippen LogP contribution in [0.3, 0.4) is 0 Å². The van der Waals surface area contributed by atoms with Crippen LogP contribution in [0.15, 0.2) is 12.1 Å². The molecule has 1 N–H and O–H groups in total. The van der Waals surface area contributed by atoms with Gasteiger partial charge in [0.15, 0.2) is 0 Å². The van der Waals surface area contributed by atoms with Gasteiger partial charge in [0, 0.05) is 38.3 Å². The van der Waals surface area contributed by atoms with Crippen LogP contribution in [0.25, 0.3) is 0 Å². The average Bonchev–Trinajstić information content (AvgIpc) is 2.27. The molecule has 2 heterocycles. The van der Waals surface area contributed by atoms with Gasteiger partial charge >= 0.3 is 0 Å². The minimum absolute atomic E-state index is 0.497. The van der Waals surface area contributed by atoms with Crippen LogP contribution in [0.5, 0.6) is 0 Å². The summed E-state index contributed by atoms with van der Waals surface area (Å²) in [6.45, 7) is 6.38. The third-order valence-electron chi connectivity index (χ3n) is 3.04. The summed E-state index contributed by atoms with van der Waals surface area (Å²) in [5.74, 6) is 1.09. The molecule has 1 aliphatic heterocycles. The van der Waals surface area contributed by atoms with Gasteiger partial charge in [0.25, 0.3) is 0 Å². The Morgan fingerprint density at radius 3 is 2.93 bits per heavy atom. The van der Waals surface area contributed by atoms with Crippen molar-refractivity contribution in [2.45, 2.75) is 32.9 Å². The van der Waals surface area contributed by atoms with Crippen LogP contribution in [-0.4, -0.2) is 24.6 Å². The summed E-state index contributed by atoms with van der Waals surface area (Å²) in [5, 5.41) is 3.36. The summed E-state index contributed by atoms with van der Waals surface area (Å²) in [6, 6.07) is 4.81. The van der Waals surface area contributed by atoms with Gasteiger partial charge < -0.3 is 10.2 Å². The first-order valence-corrected chi connectivity index (χ1v) is 5.61. The number of fused-ring (bicyclic) bond motifs is 1. The Balaban J connectivity index is 2.27. The average molecular weight is 205 g/mol. The van der Waals surface area contributed by atoms with Gasteiger partial charge in [0.1, 0.15) is 5.82 Å². The molecule has 0 fully saturated rings. The zero-order valence-corrected chi connectivity index (χ0v) is 9.75. The fraction of sp³-hybridized carbons (Fsp3) is 0.583. The molecule has 1 aromatic heterocycles. The van der Waals surface area contributed by atoms with E-state index in [-0.39, 0.29) is 0 Å². The Hall–Kier alpha value is -1.09. The number of aromatic nitrogens is 1. The van der Waals surface area contributed by atoms with Crippen molar-refractivity contribution in [2.24, 2.45) is 0 Å². The van der Waals surface area contributed by atoms with E-state index in [1.165, 1.54) is 11.3 Å². The van der Waals surface area contributed by atoms with Crippen LogP contribution in [0.1, 0.15) is 25.1 Å². The smallest absolute Gasteiger partial charge is 0.128 e. The molecule has 3 heteroatoms. The normalized spacial score (nSPS) is 15.2. The molecule has 3 nitrogen and oxygen atoms in total. The van der Waals surface area contributed by atoms with Crippen LogP contribution >= 0.6 is 0 Å². The third kappa shape index (κ3) is 2.12. The second kappa shape index (κ2) is 4.19. The highest BCUT2D eigenvalue weighted by Gasteiger charge is 2.13. The molecule has 0 radical (unpaired) electrons. The van der Waals surface area contributed by atoms with Gasteiger partial charge in [-0.1, -0.05) is 6.07 Å². The monoisotopic (exact) mass is 205 g/mol. The van der Waals surface area contributed by atoms with Gasteiger partial charge in [-0.05, 0) is 25.5 Å². The molecule has 0 aliphatic carbocycles. The van der Waals surface area contributed by atoms with Crippen LogP contribution in [0, 0.1) is 0 Å². The maximum absolute atomic E-state index is 4.72. The lowest BCUT2D eigenvalue weighted by Gasteiger charge is -2.25. The lowest BCUT2D eigenvalue weighted by molar-refractivity contribution is 0.627. The molecule has 0 saturated carbocycles. The van der Waals surface area contributed by atoms with Crippen molar-refractivity contribution in [3.8, 4) is 0 Å². The van der Waals surface area contributed by atoms with Gasteiger partial charge in [-0.25, -0.2) is 4.98 Å². The summed E-state index contributed by atoms with van der Waals surface area (Å²) in [5.41, 5.74) is 2.61. The van der Waals surface area contributed by atoms with Crippen LogP contribution in [-0.2, 0) is 13.0 Å². The van der Waals surface area contributed by atoms with Crippen molar-refractivity contribution in [3.05, 3.63) is 23.4 Å². The molecule has 0 bridgehead atoms. The number of nitrogens with zero attached hydrogens (tertiary/aromatic N) is 2. The molecule has 82 valence electrons. The first-order chi connectivity index (χ1) is 7.18. The maximum atomic E-state index is 4.72. The number of pyridine rings is 1. The predicted octanol–water partition coefficient (Wildman–Crippen LogP) is 1.57. The minimum atomic E-state index is 0.497. The molecule has 1 aliphatic rings. The van der Waals surface area contributed by atoms with Crippen molar-refractivity contribution in [1.29, 1.82) is 0 Å².